The van der Waals surface area contributed by atoms with Gasteiger partial charge in [-0.25, -0.2) is 0 Å². The van der Waals surface area contributed by atoms with E-state index in [-0.39, 0.29) is 0 Å². The van der Waals surface area contributed by atoms with Gasteiger partial charge in [-0.3, -0.25) is 0 Å². The molecule has 1 fully saturated rings. The Hall–Kier alpha value is -1.28. The SMILES string of the molecule is COc1ccccc1C=CCNC1CC1. The lowest BCUT2D eigenvalue weighted by Gasteiger charge is -2.03. The summed E-state index contributed by atoms with van der Waals surface area (Å²) in [6.07, 6.45) is 6.93. The highest BCUT2D eigenvalue weighted by Crippen LogP contribution is 2.19. The van der Waals surface area contributed by atoms with Crippen molar-refractivity contribution in [1.82, 2.24) is 5.32 Å². The van der Waals surface area contributed by atoms with Crippen molar-refractivity contribution >= 4 is 6.08 Å². The van der Waals surface area contributed by atoms with Gasteiger partial charge in [-0.05, 0) is 18.9 Å². The normalized spacial score (nSPS) is 15.8. The minimum absolute atomic E-state index is 0.771. The molecule has 0 unspecified atom stereocenters. The van der Waals surface area contributed by atoms with Crippen LogP contribution in [0.3, 0.4) is 0 Å². The first-order chi connectivity index (χ1) is 7.40. The van der Waals surface area contributed by atoms with Crippen LogP contribution in [0.25, 0.3) is 6.08 Å². The largest absolute Gasteiger partial charge is 0.496 e. The Morgan fingerprint density at radius 1 is 1.40 bits per heavy atom. The maximum atomic E-state index is 5.26. The number of benzene rings is 1. The lowest BCUT2D eigenvalue weighted by atomic mass is 10.2. The zero-order valence-corrected chi connectivity index (χ0v) is 9.07. The Balaban J connectivity index is 1.89. The number of para-hydroxylation sites is 1. The third kappa shape index (κ3) is 3.10. The highest BCUT2D eigenvalue weighted by Gasteiger charge is 2.18. The summed E-state index contributed by atoms with van der Waals surface area (Å²) in [5.74, 6) is 0.931. The molecule has 1 N–H and O–H groups in total. The molecule has 0 bridgehead atoms. The van der Waals surface area contributed by atoms with E-state index >= 15 is 0 Å². The molecule has 2 nitrogen and oxygen atoms in total. The maximum absolute atomic E-state index is 5.26. The van der Waals surface area contributed by atoms with Gasteiger partial charge in [-0.15, -0.1) is 0 Å². The van der Waals surface area contributed by atoms with Gasteiger partial charge in [0.05, 0.1) is 7.11 Å². The molecule has 0 heterocycles. The van der Waals surface area contributed by atoms with E-state index in [9.17, 15) is 0 Å². The highest BCUT2D eigenvalue weighted by atomic mass is 16.5. The van der Waals surface area contributed by atoms with Crippen LogP contribution in [-0.4, -0.2) is 19.7 Å². The average molecular weight is 203 g/mol. The Kier molecular flexibility index (Phi) is 3.41. The molecule has 0 aromatic heterocycles. The smallest absolute Gasteiger partial charge is 0.126 e. The molecule has 1 aliphatic carbocycles. The second kappa shape index (κ2) is 4.99. The molecular weight excluding hydrogens is 186 g/mol. The van der Waals surface area contributed by atoms with Crippen LogP contribution in [0.15, 0.2) is 30.3 Å². The monoisotopic (exact) mass is 203 g/mol. The summed E-state index contributed by atoms with van der Waals surface area (Å²) in [5.41, 5.74) is 1.14. The fourth-order valence-electron chi connectivity index (χ4n) is 1.51. The van der Waals surface area contributed by atoms with Crippen LogP contribution in [0.5, 0.6) is 5.75 Å². The summed E-state index contributed by atoms with van der Waals surface area (Å²) >= 11 is 0. The van der Waals surface area contributed by atoms with E-state index in [4.69, 9.17) is 4.74 Å². The van der Waals surface area contributed by atoms with Gasteiger partial charge in [0.15, 0.2) is 0 Å². The van der Waals surface area contributed by atoms with Crippen LogP contribution in [0.2, 0.25) is 0 Å². The maximum Gasteiger partial charge on any atom is 0.126 e. The number of rotatable bonds is 5. The van der Waals surface area contributed by atoms with Gasteiger partial charge < -0.3 is 10.1 Å². The number of ether oxygens (including phenoxy) is 1. The van der Waals surface area contributed by atoms with Crippen LogP contribution < -0.4 is 10.1 Å². The molecule has 0 aliphatic heterocycles. The van der Waals surface area contributed by atoms with Gasteiger partial charge in [-0.1, -0.05) is 30.4 Å². The Morgan fingerprint density at radius 2 is 2.20 bits per heavy atom. The van der Waals surface area contributed by atoms with Crippen molar-refractivity contribution in [3.05, 3.63) is 35.9 Å². The molecule has 2 rings (SSSR count). The number of methoxy groups -OCH3 is 1. The molecule has 0 radical (unpaired) electrons. The quantitative estimate of drug-likeness (QED) is 0.793. The molecule has 2 heteroatoms. The third-order valence-corrected chi connectivity index (χ3v) is 2.54. The van der Waals surface area contributed by atoms with Gasteiger partial charge in [0, 0.05) is 18.2 Å². The van der Waals surface area contributed by atoms with Crippen molar-refractivity contribution in [3.63, 3.8) is 0 Å². The summed E-state index contributed by atoms with van der Waals surface area (Å²) in [6, 6.07) is 8.82. The second-order valence-corrected chi connectivity index (χ2v) is 3.83. The van der Waals surface area contributed by atoms with Crippen molar-refractivity contribution in [3.8, 4) is 5.75 Å². The molecule has 1 saturated carbocycles. The summed E-state index contributed by atoms with van der Waals surface area (Å²) in [4.78, 5) is 0. The van der Waals surface area contributed by atoms with Gasteiger partial charge >= 0.3 is 0 Å². The molecule has 0 spiro atoms. The first-order valence-electron chi connectivity index (χ1n) is 5.43. The van der Waals surface area contributed by atoms with E-state index in [0.717, 1.165) is 23.9 Å². The van der Waals surface area contributed by atoms with Gasteiger partial charge in [-0.2, -0.15) is 0 Å². The van der Waals surface area contributed by atoms with Crippen LogP contribution >= 0.6 is 0 Å². The first kappa shape index (κ1) is 10.2. The lowest BCUT2D eigenvalue weighted by Crippen LogP contribution is -2.15. The third-order valence-electron chi connectivity index (χ3n) is 2.54. The summed E-state index contributed by atoms with van der Waals surface area (Å²) in [5, 5.41) is 3.44. The van der Waals surface area contributed by atoms with E-state index in [1.807, 2.05) is 18.2 Å². The fraction of sp³-hybridized carbons (Fsp3) is 0.385. The molecule has 0 atom stereocenters. The average Bonchev–Trinajstić information content (AvgIpc) is 3.09. The Labute approximate surface area is 91.0 Å². The molecule has 15 heavy (non-hydrogen) atoms. The number of hydrogen-bond acceptors (Lipinski definition) is 2. The Bertz CT molecular complexity index is 342. The predicted octanol–water partition coefficient (Wildman–Crippen LogP) is 2.46. The van der Waals surface area contributed by atoms with E-state index in [1.165, 1.54) is 12.8 Å². The number of nitrogens with one attached hydrogen (secondary N) is 1. The van der Waals surface area contributed by atoms with Crippen molar-refractivity contribution in [2.45, 2.75) is 18.9 Å². The van der Waals surface area contributed by atoms with E-state index in [0.29, 0.717) is 0 Å². The zero-order valence-electron chi connectivity index (χ0n) is 9.07. The zero-order chi connectivity index (χ0) is 10.5. The topological polar surface area (TPSA) is 21.3 Å². The predicted molar refractivity (Wildman–Crippen MR) is 63.1 cm³/mol. The molecule has 80 valence electrons. The van der Waals surface area contributed by atoms with E-state index in [1.54, 1.807) is 7.11 Å². The molecule has 1 aliphatic rings. The second-order valence-electron chi connectivity index (χ2n) is 3.83. The molecule has 0 amide bonds. The molecule has 1 aromatic rings. The Morgan fingerprint density at radius 3 is 2.93 bits per heavy atom. The molecular formula is C13H17NO. The minimum atomic E-state index is 0.771. The fourth-order valence-corrected chi connectivity index (χ4v) is 1.51. The van der Waals surface area contributed by atoms with Crippen molar-refractivity contribution in [2.24, 2.45) is 0 Å². The van der Waals surface area contributed by atoms with Crippen LogP contribution in [-0.2, 0) is 0 Å². The van der Waals surface area contributed by atoms with Crippen LogP contribution in [0, 0.1) is 0 Å². The molecule has 0 saturated heterocycles. The number of hydrogen-bond donors (Lipinski definition) is 1. The summed E-state index contributed by atoms with van der Waals surface area (Å²) in [7, 11) is 1.70. The molecule has 1 aromatic carbocycles. The van der Waals surface area contributed by atoms with Crippen molar-refractivity contribution in [1.29, 1.82) is 0 Å². The van der Waals surface area contributed by atoms with Gasteiger partial charge in [0.1, 0.15) is 5.75 Å². The van der Waals surface area contributed by atoms with Crippen LogP contribution in [0.4, 0.5) is 0 Å². The highest BCUT2D eigenvalue weighted by molar-refractivity contribution is 5.57. The van der Waals surface area contributed by atoms with Crippen molar-refractivity contribution in [2.75, 3.05) is 13.7 Å². The van der Waals surface area contributed by atoms with Gasteiger partial charge in [0.2, 0.25) is 0 Å². The summed E-state index contributed by atoms with van der Waals surface area (Å²) in [6.45, 7) is 0.947. The lowest BCUT2D eigenvalue weighted by molar-refractivity contribution is 0.414. The minimum Gasteiger partial charge on any atom is -0.496 e. The first-order valence-corrected chi connectivity index (χ1v) is 5.43. The van der Waals surface area contributed by atoms with E-state index < -0.39 is 0 Å². The van der Waals surface area contributed by atoms with Crippen molar-refractivity contribution < 1.29 is 4.74 Å². The van der Waals surface area contributed by atoms with Crippen LogP contribution in [0.1, 0.15) is 18.4 Å². The standard InChI is InChI=1S/C13H17NO/c1-15-13-7-3-2-5-11(13)6-4-10-14-12-8-9-12/h2-7,12,14H,8-10H2,1H3. The van der Waals surface area contributed by atoms with Gasteiger partial charge in [0.25, 0.3) is 0 Å². The summed E-state index contributed by atoms with van der Waals surface area (Å²) < 4.78 is 5.26. The van der Waals surface area contributed by atoms with E-state index in [2.05, 4.69) is 23.5 Å².